The van der Waals surface area contributed by atoms with E-state index in [0.29, 0.717) is 0 Å². The number of hydrogen-bond acceptors (Lipinski definition) is 3. The van der Waals surface area contributed by atoms with Crippen molar-refractivity contribution in [2.24, 2.45) is 0 Å². The molecule has 44 valence electrons. The topological polar surface area (TPSA) is 52.5 Å². The van der Waals surface area contributed by atoms with Crippen molar-refractivity contribution in [3.05, 3.63) is 0 Å². The van der Waals surface area contributed by atoms with Gasteiger partial charge in [-0.3, -0.25) is 0 Å². The Labute approximate surface area is 42.9 Å². The SMILES string of the molecule is CC(C)(O)CNO. The smallest absolute Gasteiger partial charge is 0.0738 e. The van der Waals surface area contributed by atoms with Gasteiger partial charge in [-0.2, -0.15) is 0 Å². The van der Waals surface area contributed by atoms with Crippen molar-refractivity contribution in [3.63, 3.8) is 0 Å². The number of rotatable bonds is 2. The minimum Gasteiger partial charge on any atom is -0.389 e. The van der Waals surface area contributed by atoms with Gasteiger partial charge in [0.05, 0.1) is 5.60 Å². The third kappa shape index (κ3) is 5.88. The second-order valence-corrected chi connectivity index (χ2v) is 2.15. The summed E-state index contributed by atoms with van der Waals surface area (Å²) in [5, 5.41) is 16.8. The van der Waals surface area contributed by atoms with Gasteiger partial charge in [0.15, 0.2) is 0 Å². The fourth-order valence-electron chi connectivity index (χ4n) is 0.193. The molecule has 0 unspecified atom stereocenters. The normalized spacial score (nSPS) is 12.0. The fourth-order valence-corrected chi connectivity index (χ4v) is 0.193. The summed E-state index contributed by atoms with van der Waals surface area (Å²) in [5.74, 6) is 0. The van der Waals surface area contributed by atoms with Gasteiger partial charge in [0.25, 0.3) is 0 Å². The first-order chi connectivity index (χ1) is 3.06. The average molecular weight is 105 g/mol. The highest BCUT2D eigenvalue weighted by atomic mass is 16.5. The third-order valence-electron chi connectivity index (χ3n) is 0.512. The summed E-state index contributed by atoms with van der Waals surface area (Å²) in [6.07, 6.45) is 0. The van der Waals surface area contributed by atoms with E-state index in [-0.39, 0.29) is 6.54 Å². The zero-order valence-electron chi connectivity index (χ0n) is 4.60. The maximum absolute atomic E-state index is 8.80. The number of hydrogen-bond donors (Lipinski definition) is 3. The van der Waals surface area contributed by atoms with Crippen molar-refractivity contribution in [2.45, 2.75) is 19.4 Å². The predicted octanol–water partition coefficient (Wildman–Crippen LogP) is -0.264. The predicted molar refractivity (Wildman–Crippen MR) is 26.1 cm³/mol. The van der Waals surface area contributed by atoms with Crippen molar-refractivity contribution in [3.8, 4) is 0 Å². The standard InChI is InChI=1S/C4H11NO2/c1-4(2,6)3-5-7/h5-7H,3H2,1-2H3. The first-order valence-electron chi connectivity index (χ1n) is 2.15. The Kier molecular flexibility index (Phi) is 2.22. The van der Waals surface area contributed by atoms with Crippen LogP contribution in [0.4, 0.5) is 0 Å². The quantitative estimate of drug-likeness (QED) is 0.424. The summed E-state index contributed by atoms with van der Waals surface area (Å²) in [6, 6.07) is 0. The molecule has 3 heteroatoms. The van der Waals surface area contributed by atoms with Crippen molar-refractivity contribution in [1.29, 1.82) is 0 Å². The first-order valence-corrected chi connectivity index (χ1v) is 2.15. The first kappa shape index (κ1) is 6.88. The summed E-state index contributed by atoms with van der Waals surface area (Å²) >= 11 is 0. The third-order valence-corrected chi connectivity index (χ3v) is 0.512. The van der Waals surface area contributed by atoms with E-state index in [1.165, 1.54) is 0 Å². The van der Waals surface area contributed by atoms with Gasteiger partial charge in [-0.05, 0) is 13.8 Å². The van der Waals surface area contributed by atoms with Crippen LogP contribution in [0.15, 0.2) is 0 Å². The highest BCUT2D eigenvalue weighted by molar-refractivity contribution is 4.64. The molecule has 0 aromatic rings. The Morgan fingerprint density at radius 1 is 1.57 bits per heavy atom. The molecule has 0 aliphatic rings. The van der Waals surface area contributed by atoms with Crippen LogP contribution in [-0.4, -0.2) is 22.5 Å². The van der Waals surface area contributed by atoms with Crippen LogP contribution >= 0.6 is 0 Å². The molecule has 0 fully saturated rings. The summed E-state index contributed by atoms with van der Waals surface area (Å²) in [7, 11) is 0. The highest BCUT2D eigenvalue weighted by Crippen LogP contribution is 1.95. The van der Waals surface area contributed by atoms with Crippen molar-refractivity contribution >= 4 is 0 Å². The van der Waals surface area contributed by atoms with Crippen LogP contribution in [0.1, 0.15) is 13.8 Å². The Balaban J connectivity index is 3.15. The molecular formula is C4H11NO2. The van der Waals surface area contributed by atoms with Gasteiger partial charge in [0.2, 0.25) is 0 Å². The molecule has 0 bridgehead atoms. The van der Waals surface area contributed by atoms with Crippen LogP contribution in [0.2, 0.25) is 0 Å². The maximum Gasteiger partial charge on any atom is 0.0738 e. The molecule has 0 spiro atoms. The van der Waals surface area contributed by atoms with Gasteiger partial charge in [0.1, 0.15) is 0 Å². The second kappa shape index (κ2) is 2.26. The van der Waals surface area contributed by atoms with E-state index in [1.54, 1.807) is 13.8 Å². The van der Waals surface area contributed by atoms with Crippen molar-refractivity contribution < 1.29 is 10.3 Å². The Morgan fingerprint density at radius 3 is 2.00 bits per heavy atom. The molecule has 0 aromatic heterocycles. The number of hydroxylamine groups is 1. The number of nitrogens with one attached hydrogen (secondary N) is 1. The van der Waals surface area contributed by atoms with Crippen molar-refractivity contribution in [1.82, 2.24) is 5.48 Å². The van der Waals surface area contributed by atoms with Gasteiger partial charge >= 0.3 is 0 Å². The molecule has 0 radical (unpaired) electrons. The molecule has 0 aromatic carbocycles. The van der Waals surface area contributed by atoms with E-state index in [1.807, 2.05) is 5.48 Å². The number of aliphatic hydroxyl groups is 1. The van der Waals surface area contributed by atoms with Crippen molar-refractivity contribution in [2.75, 3.05) is 6.54 Å². The molecule has 0 saturated carbocycles. The van der Waals surface area contributed by atoms with Gasteiger partial charge < -0.3 is 10.3 Å². The lowest BCUT2D eigenvalue weighted by atomic mass is 10.1. The van der Waals surface area contributed by atoms with Crippen LogP contribution in [0.3, 0.4) is 0 Å². The van der Waals surface area contributed by atoms with E-state index in [9.17, 15) is 0 Å². The van der Waals surface area contributed by atoms with Crippen LogP contribution in [0.25, 0.3) is 0 Å². The Hall–Kier alpha value is -0.120. The van der Waals surface area contributed by atoms with Crippen LogP contribution in [0, 0.1) is 0 Å². The molecule has 0 heterocycles. The summed E-state index contributed by atoms with van der Waals surface area (Å²) < 4.78 is 0. The van der Waals surface area contributed by atoms with E-state index in [2.05, 4.69) is 0 Å². The molecule has 0 atom stereocenters. The largest absolute Gasteiger partial charge is 0.389 e. The van der Waals surface area contributed by atoms with Crippen LogP contribution < -0.4 is 5.48 Å². The fraction of sp³-hybridized carbons (Fsp3) is 1.00. The summed E-state index contributed by atoms with van der Waals surface area (Å²) in [4.78, 5) is 0. The molecule has 0 rings (SSSR count). The van der Waals surface area contributed by atoms with Gasteiger partial charge in [-0.15, -0.1) is 0 Å². The van der Waals surface area contributed by atoms with E-state index >= 15 is 0 Å². The van der Waals surface area contributed by atoms with Gasteiger partial charge in [-0.25, -0.2) is 5.48 Å². The molecule has 0 aliphatic carbocycles. The molecule has 0 saturated heterocycles. The Morgan fingerprint density at radius 2 is 2.00 bits per heavy atom. The van der Waals surface area contributed by atoms with E-state index < -0.39 is 5.60 Å². The zero-order chi connectivity index (χ0) is 5.91. The molecule has 0 aliphatic heterocycles. The highest BCUT2D eigenvalue weighted by Gasteiger charge is 2.09. The molecule has 3 nitrogen and oxygen atoms in total. The van der Waals surface area contributed by atoms with Crippen LogP contribution in [-0.2, 0) is 0 Å². The summed E-state index contributed by atoms with van der Waals surface area (Å²) in [6.45, 7) is 3.42. The minimum atomic E-state index is -0.811. The lowest BCUT2D eigenvalue weighted by Crippen LogP contribution is -2.32. The molecule has 7 heavy (non-hydrogen) atoms. The molecule has 3 N–H and O–H groups in total. The molecular weight excluding hydrogens is 94.0 g/mol. The van der Waals surface area contributed by atoms with E-state index in [0.717, 1.165) is 0 Å². The zero-order valence-corrected chi connectivity index (χ0v) is 4.60. The lowest BCUT2D eigenvalue weighted by molar-refractivity contribution is 0.0322. The van der Waals surface area contributed by atoms with Gasteiger partial charge in [-0.1, -0.05) is 0 Å². The van der Waals surface area contributed by atoms with Gasteiger partial charge in [0, 0.05) is 6.54 Å². The average Bonchev–Trinajstić information content (AvgIpc) is 1.30. The maximum atomic E-state index is 8.80. The minimum absolute atomic E-state index is 0.201. The second-order valence-electron chi connectivity index (χ2n) is 2.15. The lowest BCUT2D eigenvalue weighted by Gasteiger charge is -2.13. The monoisotopic (exact) mass is 105 g/mol. The van der Waals surface area contributed by atoms with Crippen LogP contribution in [0.5, 0.6) is 0 Å². The van der Waals surface area contributed by atoms with E-state index in [4.69, 9.17) is 10.3 Å². The summed E-state index contributed by atoms with van der Waals surface area (Å²) in [5.41, 5.74) is 1.05. The molecule has 0 amide bonds. The Bertz CT molecular complexity index is 48.1.